The van der Waals surface area contributed by atoms with Crippen molar-refractivity contribution in [2.24, 2.45) is 5.92 Å². The number of piperazine rings is 1. The maximum Gasteiger partial charge on any atom is 0.0390 e. The molecule has 2 rings (SSSR count). The lowest BCUT2D eigenvalue weighted by molar-refractivity contribution is 0.209. The van der Waals surface area contributed by atoms with Crippen molar-refractivity contribution < 1.29 is 0 Å². The van der Waals surface area contributed by atoms with Gasteiger partial charge in [0.1, 0.15) is 0 Å². The number of rotatable bonds is 5. The fourth-order valence-electron chi connectivity index (χ4n) is 2.56. The molecule has 3 nitrogen and oxygen atoms in total. The molecule has 1 aliphatic heterocycles. The molecule has 0 aromatic heterocycles. The van der Waals surface area contributed by atoms with E-state index in [9.17, 15) is 0 Å². The number of anilines is 1. The Kier molecular flexibility index (Phi) is 5.23. The Morgan fingerprint density at radius 2 is 2.05 bits per heavy atom. The van der Waals surface area contributed by atoms with Gasteiger partial charge >= 0.3 is 0 Å². The molecule has 19 heavy (non-hydrogen) atoms. The number of nitrogens with one attached hydrogen (secondary N) is 2. The molecule has 2 N–H and O–H groups in total. The molecule has 1 heterocycles. The lowest BCUT2D eigenvalue weighted by Crippen LogP contribution is -2.52. The van der Waals surface area contributed by atoms with Crippen molar-refractivity contribution in [2.75, 3.05) is 38.5 Å². The maximum absolute atomic E-state index is 3.54. The minimum absolute atomic E-state index is 0.587. The zero-order chi connectivity index (χ0) is 13.7. The number of benzene rings is 1. The molecule has 1 aliphatic rings. The second-order valence-electron chi connectivity index (χ2n) is 6.01. The van der Waals surface area contributed by atoms with Crippen molar-refractivity contribution in [3.63, 3.8) is 0 Å². The van der Waals surface area contributed by atoms with E-state index in [-0.39, 0.29) is 0 Å². The Bertz CT molecular complexity index is 372. The third-order valence-corrected chi connectivity index (χ3v) is 3.78. The van der Waals surface area contributed by atoms with Crippen molar-refractivity contribution >= 4 is 5.69 Å². The Morgan fingerprint density at radius 3 is 2.68 bits per heavy atom. The molecule has 0 aliphatic carbocycles. The van der Waals surface area contributed by atoms with Crippen LogP contribution in [-0.4, -0.2) is 44.2 Å². The van der Waals surface area contributed by atoms with Crippen LogP contribution >= 0.6 is 0 Å². The summed E-state index contributed by atoms with van der Waals surface area (Å²) in [5, 5.41) is 6.99. The zero-order valence-electron chi connectivity index (χ0n) is 12.4. The Hall–Kier alpha value is -1.06. The molecule has 1 saturated heterocycles. The SMILES string of the molecule is CC(C)Cc1ccc(NCC2CNCCN2C)cc1. The lowest BCUT2D eigenvalue weighted by Gasteiger charge is -2.33. The first-order valence-corrected chi connectivity index (χ1v) is 7.39. The molecule has 106 valence electrons. The molecule has 1 unspecified atom stereocenters. The first kappa shape index (κ1) is 14.4. The molecular formula is C16H27N3. The van der Waals surface area contributed by atoms with Crippen molar-refractivity contribution in [1.29, 1.82) is 0 Å². The number of nitrogens with zero attached hydrogens (tertiary/aromatic N) is 1. The maximum atomic E-state index is 3.54. The van der Waals surface area contributed by atoms with Crippen LogP contribution in [0.4, 0.5) is 5.69 Å². The summed E-state index contributed by atoms with van der Waals surface area (Å²) in [4.78, 5) is 2.43. The molecular weight excluding hydrogens is 234 g/mol. The van der Waals surface area contributed by atoms with E-state index in [2.05, 4.69) is 60.7 Å². The topological polar surface area (TPSA) is 27.3 Å². The van der Waals surface area contributed by atoms with E-state index in [0.29, 0.717) is 6.04 Å². The Balaban J connectivity index is 1.82. The van der Waals surface area contributed by atoms with Gasteiger partial charge in [0.15, 0.2) is 0 Å². The van der Waals surface area contributed by atoms with Crippen LogP contribution in [0.15, 0.2) is 24.3 Å². The standard InChI is InChI=1S/C16H27N3/c1-13(2)10-14-4-6-15(7-5-14)18-12-16-11-17-8-9-19(16)3/h4-7,13,16-18H,8-12H2,1-3H3. The monoisotopic (exact) mass is 261 g/mol. The molecule has 1 fully saturated rings. The van der Waals surface area contributed by atoms with Crippen molar-refractivity contribution in [2.45, 2.75) is 26.3 Å². The second-order valence-corrected chi connectivity index (χ2v) is 6.01. The van der Waals surface area contributed by atoms with E-state index in [1.54, 1.807) is 0 Å². The van der Waals surface area contributed by atoms with Gasteiger partial charge in [-0.2, -0.15) is 0 Å². The fraction of sp³-hybridized carbons (Fsp3) is 0.625. The van der Waals surface area contributed by atoms with E-state index in [4.69, 9.17) is 0 Å². The normalized spacial score (nSPS) is 20.7. The summed E-state index contributed by atoms with van der Waals surface area (Å²) in [6.07, 6.45) is 1.16. The smallest absolute Gasteiger partial charge is 0.0390 e. The highest BCUT2D eigenvalue weighted by Gasteiger charge is 2.17. The molecule has 0 radical (unpaired) electrons. The summed E-state index contributed by atoms with van der Waals surface area (Å²) >= 11 is 0. The van der Waals surface area contributed by atoms with Gasteiger partial charge in [0.25, 0.3) is 0 Å². The Labute approximate surface area is 117 Å². The van der Waals surface area contributed by atoms with Gasteiger partial charge < -0.3 is 10.6 Å². The highest BCUT2D eigenvalue weighted by molar-refractivity contribution is 5.44. The third kappa shape index (κ3) is 4.51. The first-order chi connectivity index (χ1) is 9.15. The average molecular weight is 261 g/mol. The summed E-state index contributed by atoms with van der Waals surface area (Å²) in [7, 11) is 2.21. The van der Waals surface area contributed by atoms with Gasteiger partial charge in [0.2, 0.25) is 0 Å². The molecule has 3 heteroatoms. The van der Waals surface area contributed by atoms with Gasteiger partial charge in [-0.05, 0) is 37.1 Å². The van der Waals surface area contributed by atoms with Crippen LogP contribution in [-0.2, 0) is 6.42 Å². The number of hydrogen-bond acceptors (Lipinski definition) is 3. The summed E-state index contributed by atoms with van der Waals surface area (Å²) in [5.74, 6) is 0.723. The minimum atomic E-state index is 0.587. The van der Waals surface area contributed by atoms with Crippen LogP contribution in [0.5, 0.6) is 0 Å². The van der Waals surface area contributed by atoms with E-state index in [1.807, 2.05) is 0 Å². The summed E-state index contributed by atoms with van der Waals surface area (Å²) in [6, 6.07) is 9.47. The highest BCUT2D eigenvalue weighted by Crippen LogP contribution is 2.13. The van der Waals surface area contributed by atoms with Gasteiger partial charge in [0.05, 0.1) is 0 Å². The van der Waals surface area contributed by atoms with Gasteiger partial charge in [-0.3, -0.25) is 4.90 Å². The van der Waals surface area contributed by atoms with Crippen molar-refractivity contribution in [3.05, 3.63) is 29.8 Å². The zero-order valence-corrected chi connectivity index (χ0v) is 12.4. The van der Waals surface area contributed by atoms with E-state index >= 15 is 0 Å². The molecule has 0 amide bonds. The largest absolute Gasteiger partial charge is 0.383 e. The van der Waals surface area contributed by atoms with Crippen LogP contribution in [0.3, 0.4) is 0 Å². The molecule has 1 aromatic carbocycles. The number of hydrogen-bond donors (Lipinski definition) is 2. The summed E-state index contributed by atoms with van der Waals surface area (Å²) in [6.45, 7) is 8.86. The van der Waals surface area contributed by atoms with Gasteiger partial charge in [0, 0.05) is 37.9 Å². The van der Waals surface area contributed by atoms with E-state index < -0.39 is 0 Å². The van der Waals surface area contributed by atoms with Crippen LogP contribution in [0.2, 0.25) is 0 Å². The van der Waals surface area contributed by atoms with E-state index in [1.165, 1.54) is 11.3 Å². The summed E-state index contributed by atoms with van der Waals surface area (Å²) < 4.78 is 0. The Morgan fingerprint density at radius 1 is 1.32 bits per heavy atom. The van der Waals surface area contributed by atoms with Crippen LogP contribution in [0.25, 0.3) is 0 Å². The molecule has 0 saturated carbocycles. The molecule has 1 aromatic rings. The lowest BCUT2D eigenvalue weighted by atomic mass is 10.0. The average Bonchev–Trinajstić information content (AvgIpc) is 2.39. The van der Waals surface area contributed by atoms with Crippen LogP contribution < -0.4 is 10.6 Å². The fourth-order valence-corrected chi connectivity index (χ4v) is 2.56. The predicted octanol–water partition coefficient (Wildman–Crippen LogP) is 2.20. The molecule has 1 atom stereocenters. The van der Waals surface area contributed by atoms with Crippen LogP contribution in [0, 0.1) is 5.92 Å². The highest BCUT2D eigenvalue weighted by atomic mass is 15.2. The molecule has 0 spiro atoms. The van der Waals surface area contributed by atoms with Gasteiger partial charge in [-0.25, -0.2) is 0 Å². The quantitative estimate of drug-likeness (QED) is 0.851. The van der Waals surface area contributed by atoms with E-state index in [0.717, 1.165) is 38.5 Å². The third-order valence-electron chi connectivity index (χ3n) is 3.78. The van der Waals surface area contributed by atoms with Crippen molar-refractivity contribution in [3.8, 4) is 0 Å². The predicted molar refractivity (Wildman–Crippen MR) is 82.8 cm³/mol. The van der Waals surface area contributed by atoms with Gasteiger partial charge in [-0.15, -0.1) is 0 Å². The van der Waals surface area contributed by atoms with Crippen molar-refractivity contribution in [1.82, 2.24) is 10.2 Å². The second kappa shape index (κ2) is 6.92. The van der Waals surface area contributed by atoms with Crippen LogP contribution in [0.1, 0.15) is 19.4 Å². The summed E-state index contributed by atoms with van der Waals surface area (Å²) in [5.41, 5.74) is 2.66. The number of likely N-dealkylation sites (N-methyl/N-ethyl adjacent to an activating group) is 1. The first-order valence-electron chi connectivity index (χ1n) is 7.39. The van der Waals surface area contributed by atoms with Gasteiger partial charge in [-0.1, -0.05) is 26.0 Å². The molecule has 0 bridgehead atoms. The minimum Gasteiger partial charge on any atom is -0.383 e.